The third-order valence-electron chi connectivity index (χ3n) is 3.34. The molecule has 0 atom stereocenters. The van der Waals surface area contributed by atoms with Gasteiger partial charge in [0, 0.05) is 18.0 Å². The maximum absolute atomic E-state index is 11.3. The Hall–Kier alpha value is -2.82. The molecule has 3 rings (SSSR count). The number of aromatic carboxylic acids is 1. The highest BCUT2D eigenvalue weighted by molar-refractivity contribution is 5.94. The Labute approximate surface area is 121 Å². The van der Waals surface area contributed by atoms with Crippen LogP contribution >= 0.6 is 0 Å². The minimum Gasteiger partial charge on any atom is -0.496 e. The molecule has 5 nitrogen and oxygen atoms in total. The number of hydrogen-bond acceptors (Lipinski definition) is 3. The predicted octanol–water partition coefficient (Wildman–Crippen LogP) is 3.02. The van der Waals surface area contributed by atoms with Crippen LogP contribution in [0.2, 0.25) is 0 Å². The number of nitrogens with zero attached hydrogens (tertiary/aromatic N) is 2. The van der Waals surface area contributed by atoms with Crippen LogP contribution in [0, 0.1) is 6.92 Å². The third kappa shape index (κ3) is 2.23. The first-order valence-corrected chi connectivity index (χ1v) is 6.46. The number of ether oxygens (including phenoxy) is 1. The molecule has 0 fully saturated rings. The lowest BCUT2D eigenvalue weighted by Crippen LogP contribution is -1.99. The Balaban J connectivity index is 2.25. The van der Waals surface area contributed by atoms with Gasteiger partial charge >= 0.3 is 5.97 Å². The maximum atomic E-state index is 11.3. The van der Waals surface area contributed by atoms with Gasteiger partial charge in [-0.2, -0.15) is 0 Å². The molecule has 0 saturated heterocycles. The van der Waals surface area contributed by atoms with Crippen molar-refractivity contribution in [3.63, 3.8) is 0 Å². The largest absolute Gasteiger partial charge is 0.496 e. The average Bonchev–Trinajstić information content (AvgIpc) is 2.90. The number of fused-ring (bicyclic) bond motifs is 1. The maximum Gasteiger partial charge on any atom is 0.339 e. The molecule has 0 aliphatic rings. The first-order chi connectivity index (χ1) is 10.1. The van der Waals surface area contributed by atoms with Crippen molar-refractivity contribution in [2.24, 2.45) is 0 Å². The molecule has 3 aromatic rings. The normalized spacial score (nSPS) is 10.8. The minimum atomic E-state index is -0.992. The number of carboxylic acids is 1. The monoisotopic (exact) mass is 282 g/mol. The summed E-state index contributed by atoms with van der Waals surface area (Å²) in [7, 11) is 1.60. The van der Waals surface area contributed by atoms with Gasteiger partial charge in [0.1, 0.15) is 11.3 Å². The van der Waals surface area contributed by atoms with Crippen LogP contribution in [-0.4, -0.2) is 27.6 Å². The number of benzene rings is 1. The van der Waals surface area contributed by atoms with Crippen molar-refractivity contribution in [3.8, 4) is 17.0 Å². The number of hydrogen-bond donors (Lipinski definition) is 1. The second-order valence-corrected chi connectivity index (χ2v) is 4.79. The highest BCUT2D eigenvalue weighted by Gasteiger charge is 2.15. The number of aryl methyl sites for hydroxylation is 1. The third-order valence-corrected chi connectivity index (χ3v) is 3.34. The van der Waals surface area contributed by atoms with Gasteiger partial charge in [-0.3, -0.25) is 0 Å². The lowest BCUT2D eigenvalue weighted by molar-refractivity contribution is 0.0698. The zero-order valence-electron chi connectivity index (χ0n) is 11.7. The summed E-state index contributed by atoms with van der Waals surface area (Å²) >= 11 is 0. The van der Waals surface area contributed by atoms with E-state index in [9.17, 15) is 9.90 Å². The standard InChI is InChI=1S/C16H14N2O3/c1-10-5-6-14(21-2)12(8-10)13-9-18-7-3-4-11(16(19)20)15(18)17-13/h3-9H,1-2H3,(H,19,20). The topological polar surface area (TPSA) is 63.8 Å². The second-order valence-electron chi connectivity index (χ2n) is 4.79. The molecule has 0 unspecified atom stereocenters. The number of carboxylic acid groups (broad SMARTS) is 1. The Bertz CT molecular complexity index is 837. The first-order valence-electron chi connectivity index (χ1n) is 6.46. The number of imidazole rings is 1. The molecule has 2 aromatic heterocycles. The molecule has 21 heavy (non-hydrogen) atoms. The van der Waals surface area contributed by atoms with E-state index in [1.54, 1.807) is 36.0 Å². The van der Waals surface area contributed by atoms with Crippen LogP contribution in [0.4, 0.5) is 0 Å². The highest BCUT2D eigenvalue weighted by atomic mass is 16.5. The molecule has 0 aliphatic carbocycles. The van der Waals surface area contributed by atoms with Crippen LogP contribution in [0.5, 0.6) is 5.75 Å². The van der Waals surface area contributed by atoms with Crippen LogP contribution in [-0.2, 0) is 0 Å². The van der Waals surface area contributed by atoms with Crippen molar-refractivity contribution >= 4 is 11.6 Å². The Kier molecular flexibility index (Phi) is 3.10. The second kappa shape index (κ2) is 4.94. The zero-order chi connectivity index (χ0) is 15.0. The van der Waals surface area contributed by atoms with E-state index in [0.717, 1.165) is 11.1 Å². The molecule has 0 amide bonds. The van der Waals surface area contributed by atoms with Gasteiger partial charge in [-0.1, -0.05) is 11.6 Å². The first kappa shape index (κ1) is 13.2. The van der Waals surface area contributed by atoms with E-state index in [-0.39, 0.29) is 5.56 Å². The molecular weight excluding hydrogens is 268 g/mol. The lowest BCUT2D eigenvalue weighted by Gasteiger charge is -2.06. The van der Waals surface area contributed by atoms with Gasteiger partial charge in [0.05, 0.1) is 12.8 Å². The van der Waals surface area contributed by atoms with Gasteiger partial charge in [0.2, 0.25) is 0 Å². The molecule has 106 valence electrons. The fourth-order valence-corrected chi connectivity index (χ4v) is 2.33. The fourth-order valence-electron chi connectivity index (χ4n) is 2.33. The van der Waals surface area contributed by atoms with Crippen LogP contribution < -0.4 is 4.74 Å². The average molecular weight is 282 g/mol. The summed E-state index contributed by atoms with van der Waals surface area (Å²) in [6.07, 6.45) is 3.58. The van der Waals surface area contributed by atoms with E-state index in [2.05, 4.69) is 4.98 Å². The van der Waals surface area contributed by atoms with Crippen molar-refractivity contribution in [1.29, 1.82) is 0 Å². The van der Waals surface area contributed by atoms with Gasteiger partial charge in [-0.25, -0.2) is 9.78 Å². The molecule has 0 radical (unpaired) electrons. The van der Waals surface area contributed by atoms with E-state index in [0.29, 0.717) is 17.1 Å². The predicted molar refractivity (Wildman–Crippen MR) is 78.9 cm³/mol. The molecule has 1 aromatic carbocycles. The highest BCUT2D eigenvalue weighted by Crippen LogP contribution is 2.30. The smallest absolute Gasteiger partial charge is 0.339 e. The molecule has 0 aliphatic heterocycles. The van der Waals surface area contributed by atoms with E-state index in [4.69, 9.17) is 4.74 Å². The lowest BCUT2D eigenvalue weighted by atomic mass is 10.1. The van der Waals surface area contributed by atoms with E-state index in [1.165, 1.54) is 0 Å². The Morgan fingerprint density at radius 1 is 1.33 bits per heavy atom. The van der Waals surface area contributed by atoms with Crippen molar-refractivity contribution in [3.05, 3.63) is 53.9 Å². The van der Waals surface area contributed by atoms with Crippen molar-refractivity contribution in [1.82, 2.24) is 9.38 Å². The molecule has 0 saturated carbocycles. The van der Waals surface area contributed by atoms with E-state index < -0.39 is 5.97 Å². The molecular formula is C16H14N2O3. The number of carbonyl (C=O) groups is 1. The van der Waals surface area contributed by atoms with Gasteiger partial charge in [0.15, 0.2) is 5.65 Å². The number of pyridine rings is 1. The summed E-state index contributed by atoms with van der Waals surface area (Å²) in [4.78, 5) is 15.7. The zero-order valence-corrected chi connectivity index (χ0v) is 11.7. The summed E-state index contributed by atoms with van der Waals surface area (Å²) in [5, 5.41) is 9.23. The Morgan fingerprint density at radius 2 is 2.14 bits per heavy atom. The Morgan fingerprint density at radius 3 is 2.86 bits per heavy atom. The van der Waals surface area contributed by atoms with Crippen LogP contribution in [0.3, 0.4) is 0 Å². The molecule has 2 heterocycles. The summed E-state index contributed by atoms with van der Waals surface area (Å²) in [5.41, 5.74) is 3.21. The SMILES string of the molecule is COc1ccc(C)cc1-c1cn2cccc(C(=O)O)c2n1. The van der Waals surface area contributed by atoms with Crippen LogP contribution in [0.1, 0.15) is 15.9 Å². The van der Waals surface area contributed by atoms with Gasteiger partial charge in [-0.15, -0.1) is 0 Å². The summed E-state index contributed by atoms with van der Waals surface area (Å²) in [6, 6.07) is 9.05. The summed E-state index contributed by atoms with van der Waals surface area (Å²) in [6.45, 7) is 1.99. The van der Waals surface area contributed by atoms with Gasteiger partial charge in [-0.05, 0) is 31.2 Å². The molecule has 0 spiro atoms. The quantitative estimate of drug-likeness (QED) is 0.802. The van der Waals surface area contributed by atoms with Gasteiger partial charge in [0.25, 0.3) is 0 Å². The van der Waals surface area contributed by atoms with Crippen LogP contribution in [0.15, 0.2) is 42.7 Å². The fraction of sp³-hybridized carbons (Fsp3) is 0.125. The van der Waals surface area contributed by atoms with Crippen molar-refractivity contribution in [2.75, 3.05) is 7.11 Å². The number of aromatic nitrogens is 2. The number of methoxy groups -OCH3 is 1. The summed E-state index contributed by atoms with van der Waals surface area (Å²) < 4.78 is 7.07. The van der Waals surface area contributed by atoms with E-state index >= 15 is 0 Å². The van der Waals surface area contributed by atoms with Crippen molar-refractivity contribution in [2.45, 2.75) is 6.92 Å². The molecule has 5 heteroatoms. The molecule has 0 bridgehead atoms. The van der Waals surface area contributed by atoms with E-state index in [1.807, 2.05) is 25.1 Å². The van der Waals surface area contributed by atoms with Crippen molar-refractivity contribution < 1.29 is 14.6 Å². The molecule has 1 N–H and O–H groups in total. The number of rotatable bonds is 3. The van der Waals surface area contributed by atoms with Gasteiger partial charge < -0.3 is 14.2 Å². The summed E-state index contributed by atoms with van der Waals surface area (Å²) in [5.74, 6) is -0.283. The van der Waals surface area contributed by atoms with Crippen LogP contribution in [0.25, 0.3) is 16.9 Å². The minimum absolute atomic E-state index is 0.176.